The van der Waals surface area contributed by atoms with Gasteiger partial charge in [0, 0.05) is 12.6 Å². The van der Waals surface area contributed by atoms with E-state index in [2.05, 4.69) is 46.6 Å². The molecule has 1 aromatic heterocycles. The molecule has 2 rings (SSSR count). The molecule has 2 aromatic rings. The number of nitrogens with one attached hydrogen (secondary N) is 2. The number of benzene rings is 1. The summed E-state index contributed by atoms with van der Waals surface area (Å²) >= 11 is 0. The van der Waals surface area contributed by atoms with Crippen LogP contribution in [0.1, 0.15) is 38.0 Å². The SMILES string of the molecule is COc1ccc(CN=C(NCc2nnc(C)n2C)NC(C)(C)C)cc1. The molecule has 0 unspecified atom stereocenters. The van der Waals surface area contributed by atoms with Gasteiger partial charge in [-0.3, -0.25) is 0 Å². The van der Waals surface area contributed by atoms with Gasteiger partial charge in [0.2, 0.25) is 0 Å². The van der Waals surface area contributed by atoms with Crippen molar-refractivity contribution in [3.05, 3.63) is 41.5 Å². The van der Waals surface area contributed by atoms with E-state index in [1.807, 2.05) is 42.8 Å². The molecule has 0 aliphatic heterocycles. The number of guanidine groups is 1. The van der Waals surface area contributed by atoms with E-state index in [9.17, 15) is 0 Å². The van der Waals surface area contributed by atoms with Gasteiger partial charge in [-0.2, -0.15) is 0 Å². The number of nitrogens with zero attached hydrogens (tertiary/aromatic N) is 4. The molecule has 0 atom stereocenters. The molecule has 0 spiro atoms. The quantitative estimate of drug-likeness (QED) is 0.642. The van der Waals surface area contributed by atoms with Crippen molar-refractivity contribution in [1.29, 1.82) is 0 Å². The Morgan fingerprint density at radius 2 is 1.88 bits per heavy atom. The van der Waals surface area contributed by atoms with E-state index in [0.717, 1.165) is 28.9 Å². The van der Waals surface area contributed by atoms with E-state index < -0.39 is 0 Å². The first-order valence-electron chi connectivity index (χ1n) is 8.33. The van der Waals surface area contributed by atoms with Gasteiger partial charge in [0.15, 0.2) is 11.8 Å². The van der Waals surface area contributed by atoms with Crippen molar-refractivity contribution in [2.75, 3.05) is 7.11 Å². The normalized spacial score (nSPS) is 12.2. The smallest absolute Gasteiger partial charge is 0.192 e. The maximum Gasteiger partial charge on any atom is 0.192 e. The average Bonchev–Trinajstić information content (AvgIpc) is 2.88. The molecule has 1 heterocycles. The Balaban J connectivity index is 2.06. The number of rotatable bonds is 5. The lowest BCUT2D eigenvalue weighted by Crippen LogP contribution is -2.47. The number of aryl methyl sites for hydroxylation is 1. The van der Waals surface area contributed by atoms with Crippen LogP contribution in [-0.2, 0) is 20.1 Å². The van der Waals surface area contributed by atoms with Crippen molar-refractivity contribution in [2.24, 2.45) is 12.0 Å². The van der Waals surface area contributed by atoms with Gasteiger partial charge in [-0.05, 0) is 45.4 Å². The van der Waals surface area contributed by atoms with Gasteiger partial charge in [0.1, 0.15) is 11.6 Å². The van der Waals surface area contributed by atoms with Gasteiger partial charge < -0.3 is 19.9 Å². The van der Waals surface area contributed by atoms with Crippen LogP contribution in [-0.4, -0.2) is 33.4 Å². The Labute approximate surface area is 149 Å². The van der Waals surface area contributed by atoms with Crippen molar-refractivity contribution >= 4 is 5.96 Å². The molecule has 136 valence electrons. The summed E-state index contributed by atoms with van der Waals surface area (Å²) in [7, 11) is 3.62. The van der Waals surface area contributed by atoms with Gasteiger partial charge in [0.05, 0.1) is 20.2 Å². The molecule has 0 aliphatic carbocycles. The fourth-order valence-corrected chi connectivity index (χ4v) is 2.16. The summed E-state index contributed by atoms with van der Waals surface area (Å²) in [5, 5.41) is 15.0. The number of aromatic nitrogens is 3. The highest BCUT2D eigenvalue weighted by atomic mass is 16.5. The summed E-state index contributed by atoms with van der Waals surface area (Å²) in [6.45, 7) is 9.37. The zero-order chi connectivity index (χ0) is 18.4. The Kier molecular flexibility index (Phi) is 6.01. The predicted octanol–water partition coefficient (Wildman–Crippen LogP) is 2.17. The van der Waals surface area contributed by atoms with Gasteiger partial charge in [-0.25, -0.2) is 4.99 Å². The van der Waals surface area contributed by atoms with Crippen LogP contribution < -0.4 is 15.4 Å². The van der Waals surface area contributed by atoms with Crippen LogP contribution in [0.4, 0.5) is 0 Å². The molecule has 0 saturated carbocycles. The second-order valence-electron chi connectivity index (χ2n) is 6.96. The number of methoxy groups -OCH3 is 1. The summed E-state index contributed by atoms with van der Waals surface area (Å²) in [5.41, 5.74) is 1.02. The molecule has 0 bridgehead atoms. The second kappa shape index (κ2) is 8.00. The van der Waals surface area contributed by atoms with E-state index in [4.69, 9.17) is 4.74 Å². The lowest BCUT2D eigenvalue weighted by Gasteiger charge is -2.24. The number of hydrogen-bond donors (Lipinski definition) is 2. The molecule has 0 fully saturated rings. The highest BCUT2D eigenvalue weighted by molar-refractivity contribution is 5.80. The molecule has 7 heteroatoms. The second-order valence-corrected chi connectivity index (χ2v) is 6.96. The van der Waals surface area contributed by atoms with Gasteiger partial charge in [-0.1, -0.05) is 12.1 Å². The Morgan fingerprint density at radius 1 is 1.20 bits per heavy atom. The predicted molar refractivity (Wildman–Crippen MR) is 99.6 cm³/mol. The Bertz CT molecular complexity index is 712. The topological polar surface area (TPSA) is 76.4 Å². The maximum absolute atomic E-state index is 5.19. The van der Waals surface area contributed by atoms with Gasteiger partial charge in [-0.15, -0.1) is 10.2 Å². The first-order valence-corrected chi connectivity index (χ1v) is 8.33. The van der Waals surface area contributed by atoms with E-state index >= 15 is 0 Å². The zero-order valence-corrected chi connectivity index (χ0v) is 15.9. The summed E-state index contributed by atoms with van der Waals surface area (Å²) in [6, 6.07) is 7.92. The number of ether oxygens (including phenoxy) is 1. The molecule has 7 nitrogen and oxygen atoms in total. The van der Waals surface area contributed by atoms with Crippen molar-refractivity contribution in [3.63, 3.8) is 0 Å². The first-order chi connectivity index (χ1) is 11.8. The van der Waals surface area contributed by atoms with Crippen molar-refractivity contribution in [2.45, 2.75) is 46.3 Å². The van der Waals surface area contributed by atoms with Crippen LogP contribution in [0.15, 0.2) is 29.3 Å². The molecular formula is C18H28N6O. The Morgan fingerprint density at radius 3 is 2.40 bits per heavy atom. The monoisotopic (exact) mass is 344 g/mol. The minimum absolute atomic E-state index is 0.0957. The largest absolute Gasteiger partial charge is 0.497 e. The van der Waals surface area contributed by atoms with Crippen molar-refractivity contribution in [1.82, 2.24) is 25.4 Å². The fraction of sp³-hybridized carbons (Fsp3) is 0.500. The van der Waals surface area contributed by atoms with E-state index in [1.165, 1.54) is 0 Å². The molecule has 1 aromatic carbocycles. The maximum atomic E-state index is 5.19. The zero-order valence-electron chi connectivity index (χ0n) is 15.9. The van der Waals surface area contributed by atoms with Gasteiger partial charge >= 0.3 is 0 Å². The van der Waals surface area contributed by atoms with Crippen LogP contribution in [0.2, 0.25) is 0 Å². The van der Waals surface area contributed by atoms with Gasteiger partial charge in [0.25, 0.3) is 0 Å². The molecule has 25 heavy (non-hydrogen) atoms. The third-order valence-electron chi connectivity index (χ3n) is 3.67. The summed E-state index contributed by atoms with van der Waals surface area (Å²) in [6.07, 6.45) is 0. The molecule has 0 amide bonds. The summed E-state index contributed by atoms with van der Waals surface area (Å²) < 4.78 is 7.15. The molecule has 0 aliphatic rings. The molecule has 0 saturated heterocycles. The molecule has 2 N–H and O–H groups in total. The van der Waals surface area contributed by atoms with Crippen molar-refractivity contribution < 1.29 is 4.74 Å². The van der Waals surface area contributed by atoms with E-state index in [1.54, 1.807) is 7.11 Å². The first kappa shape index (κ1) is 18.8. The third-order valence-corrected chi connectivity index (χ3v) is 3.67. The Hall–Kier alpha value is -2.57. The minimum Gasteiger partial charge on any atom is -0.497 e. The van der Waals surface area contributed by atoms with Crippen LogP contribution in [0, 0.1) is 6.92 Å². The summed E-state index contributed by atoms with van der Waals surface area (Å²) in [4.78, 5) is 4.68. The molecular weight excluding hydrogens is 316 g/mol. The van der Waals surface area contributed by atoms with E-state index in [-0.39, 0.29) is 5.54 Å². The minimum atomic E-state index is -0.0957. The van der Waals surface area contributed by atoms with Crippen LogP contribution in [0.3, 0.4) is 0 Å². The number of hydrogen-bond acceptors (Lipinski definition) is 4. The highest BCUT2D eigenvalue weighted by Gasteiger charge is 2.13. The average molecular weight is 344 g/mol. The fourth-order valence-electron chi connectivity index (χ4n) is 2.16. The highest BCUT2D eigenvalue weighted by Crippen LogP contribution is 2.12. The standard InChI is InChI=1S/C18H28N6O/c1-13-22-23-16(24(13)5)12-20-17(21-18(2,3)4)19-11-14-7-9-15(25-6)10-8-14/h7-10H,11-12H2,1-6H3,(H2,19,20,21). The lowest BCUT2D eigenvalue weighted by atomic mass is 10.1. The van der Waals surface area contributed by atoms with Crippen LogP contribution in [0.25, 0.3) is 0 Å². The molecule has 0 radical (unpaired) electrons. The number of aliphatic imine (C=N–C) groups is 1. The third kappa shape index (κ3) is 5.77. The summed E-state index contributed by atoms with van der Waals surface area (Å²) in [5.74, 6) is 3.34. The van der Waals surface area contributed by atoms with E-state index in [0.29, 0.717) is 13.1 Å². The van der Waals surface area contributed by atoms with Crippen molar-refractivity contribution in [3.8, 4) is 5.75 Å². The lowest BCUT2D eigenvalue weighted by molar-refractivity contribution is 0.414. The van der Waals surface area contributed by atoms with Crippen LogP contribution in [0.5, 0.6) is 5.75 Å². The van der Waals surface area contributed by atoms with Crippen LogP contribution >= 0.6 is 0 Å².